The summed E-state index contributed by atoms with van der Waals surface area (Å²) in [4.78, 5) is 12.4. The molecule has 0 saturated carbocycles. The highest BCUT2D eigenvalue weighted by Crippen LogP contribution is 2.30. The maximum Gasteiger partial charge on any atom is 0.407 e. The quantitative estimate of drug-likeness (QED) is 0.758. The van der Waals surface area contributed by atoms with E-state index in [0.717, 1.165) is 18.2 Å². The monoisotopic (exact) mass is 373 g/mol. The van der Waals surface area contributed by atoms with Crippen molar-refractivity contribution in [3.05, 3.63) is 54.1 Å². The van der Waals surface area contributed by atoms with Gasteiger partial charge < -0.3 is 14.7 Å². The number of hydrogen-bond donors (Lipinski definition) is 1. The van der Waals surface area contributed by atoms with Gasteiger partial charge in [-0.15, -0.1) is 5.10 Å². The van der Waals surface area contributed by atoms with E-state index in [1.165, 1.54) is 9.58 Å². The van der Waals surface area contributed by atoms with Gasteiger partial charge in [0.15, 0.2) is 0 Å². The lowest BCUT2D eigenvalue weighted by molar-refractivity contribution is 0.0876. The zero-order valence-corrected chi connectivity index (χ0v) is 14.3. The third-order valence-corrected chi connectivity index (χ3v) is 4.68. The van der Waals surface area contributed by atoms with Crippen molar-refractivity contribution in [2.45, 2.75) is 18.9 Å². The van der Waals surface area contributed by atoms with Gasteiger partial charge in [0.25, 0.3) is 0 Å². The smallest absolute Gasteiger partial charge is 0.407 e. The molecular weight excluding hydrogens is 356 g/mol. The van der Waals surface area contributed by atoms with Crippen molar-refractivity contribution in [1.29, 1.82) is 0 Å². The second-order valence-electron chi connectivity index (χ2n) is 6.42. The van der Waals surface area contributed by atoms with Crippen molar-refractivity contribution in [2.24, 2.45) is 0 Å². The number of carboxylic acid groups (broad SMARTS) is 1. The molecule has 0 bridgehead atoms. The average molecular weight is 373 g/mol. The van der Waals surface area contributed by atoms with E-state index in [1.807, 2.05) is 6.07 Å². The van der Waals surface area contributed by atoms with Gasteiger partial charge in [-0.3, -0.25) is 0 Å². The molecule has 1 aliphatic rings. The van der Waals surface area contributed by atoms with E-state index >= 15 is 0 Å². The van der Waals surface area contributed by atoms with Crippen LogP contribution in [0.1, 0.15) is 12.8 Å². The maximum atomic E-state index is 14.2. The molecule has 1 amide bonds. The molecule has 0 radical (unpaired) electrons. The molecular formula is C19H17F2N3O3. The molecule has 0 unspecified atom stereocenters. The lowest BCUT2D eigenvalue weighted by atomic mass is 10.1. The van der Waals surface area contributed by atoms with Gasteiger partial charge in [-0.25, -0.2) is 18.3 Å². The van der Waals surface area contributed by atoms with Gasteiger partial charge in [-0.05, 0) is 24.3 Å². The topological polar surface area (TPSA) is 67.6 Å². The van der Waals surface area contributed by atoms with Crippen LogP contribution in [0.4, 0.5) is 13.6 Å². The van der Waals surface area contributed by atoms with E-state index in [4.69, 9.17) is 9.84 Å². The van der Waals surface area contributed by atoms with E-state index in [1.54, 1.807) is 18.2 Å². The van der Waals surface area contributed by atoms with Crippen LogP contribution in [0.2, 0.25) is 0 Å². The Hall–Kier alpha value is -3.16. The zero-order chi connectivity index (χ0) is 19.0. The van der Waals surface area contributed by atoms with Crippen LogP contribution in [0.25, 0.3) is 16.6 Å². The summed E-state index contributed by atoms with van der Waals surface area (Å²) in [5.74, 6) is -0.830. The lowest BCUT2D eigenvalue weighted by Crippen LogP contribution is -2.41. The van der Waals surface area contributed by atoms with Gasteiger partial charge >= 0.3 is 6.09 Å². The summed E-state index contributed by atoms with van der Waals surface area (Å²) < 4.78 is 35.2. The molecule has 0 atom stereocenters. The highest BCUT2D eigenvalue weighted by molar-refractivity contribution is 5.86. The number of amides is 1. The van der Waals surface area contributed by atoms with Gasteiger partial charge in [0.1, 0.15) is 23.4 Å². The summed E-state index contributed by atoms with van der Waals surface area (Å²) in [6.07, 6.45) is -0.0432. The molecule has 1 saturated heterocycles. The molecule has 1 aliphatic heterocycles. The lowest BCUT2D eigenvalue weighted by Gasteiger charge is -2.29. The van der Waals surface area contributed by atoms with Crippen molar-refractivity contribution < 1.29 is 23.4 Å². The Labute approximate surface area is 153 Å². The second kappa shape index (κ2) is 6.86. The Morgan fingerprint density at radius 3 is 2.63 bits per heavy atom. The van der Waals surface area contributed by atoms with Crippen molar-refractivity contribution in [1.82, 2.24) is 14.7 Å². The summed E-state index contributed by atoms with van der Waals surface area (Å²) in [7, 11) is 0. The zero-order valence-electron chi connectivity index (χ0n) is 14.3. The highest BCUT2D eigenvalue weighted by Gasteiger charge is 2.25. The van der Waals surface area contributed by atoms with E-state index < -0.39 is 17.7 Å². The first-order valence-electron chi connectivity index (χ1n) is 8.60. The SMILES string of the molecule is O=C(O)N1CCC(Oc2nn(-c3cc(F)ccc3F)c3ccccc23)CC1. The van der Waals surface area contributed by atoms with Crippen LogP contribution in [0, 0.1) is 11.6 Å². The fourth-order valence-corrected chi connectivity index (χ4v) is 3.28. The van der Waals surface area contributed by atoms with Crippen molar-refractivity contribution in [2.75, 3.05) is 13.1 Å². The minimum atomic E-state index is -0.940. The number of rotatable bonds is 3. The number of halogens is 2. The van der Waals surface area contributed by atoms with Gasteiger partial charge in [-0.1, -0.05) is 12.1 Å². The largest absolute Gasteiger partial charge is 0.473 e. The number of benzene rings is 2. The van der Waals surface area contributed by atoms with Crippen LogP contribution in [0.15, 0.2) is 42.5 Å². The van der Waals surface area contributed by atoms with Crippen LogP contribution < -0.4 is 4.74 Å². The first-order chi connectivity index (χ1) is 13.0. The number of likely N-dealkylation sites (tertiary alicyclic amines) is 1. The summed E-state index contributed by atoms with van der Waals surface area (Å²) in [6.45, 7) is 0.772. The van der Waals surface area contributed by atoms with Crippen molar-refractivity contribution in [3.63, 3.8) is 0 Å². The first-order valence-corrected chi connectivity index (χ1v) is 8.60. The number of nitrogens with zero attached hydrogens (tertiary/aromatic N) is 3. The minimum Gasteiger partial charge on any atom is -0.473 e. The van der Waals surface area contributed by atoms with Crippen LogP contribution >= 0.6 is 0 Å². The molecule has 1 N–H and O–H groups in total. The Morgan fingerprint density at radius 1 is 1.15 bits per heavy atom. The van der Waals surface area contributed by atoms with Crippen LogP contribution in [0.3, 0.4) is 0 Å². The van der Waals surface area contributed by atoms with Gasteiger partial charge in [-0.2, -0.15) is 0 Å². The first kappa shape index (κ1) is 17.3. The minimum absolute atomic E-state index is 0.00162. The molecule has 1 aromatic heterocycles. The van der Waals surface area contributed by atoms with E-state index in [9.17, 15) is 13.6 Å². The predicted molar refractivity (Wildman–Crippen MR) is 94.2 cm³/mol. The molecule has 3 aromatic rings. The molecule has 140 valence electrons. The maximum absolute atomic E-state index is 14.2. The summed E-state index contributed by atoms with van der Waals surface area (Å²) in [6, 6.07) is 10.4. The molecule has 27 heavy (non-hydrogen) atoms. The Bertz CT molecular complexity index is 997. The van der Waals surface area contributed by atoms with Gasteiger partial charge in [0.05, 0.1) is 10.9 Å². The standard InChI is InChI=1S/C19H17F2N3O3/c20-12-5-6-15(21)17(11-12)24-16-4-2-1-3-14(16)18(22-24)27-13-7-9-23(10-8-13)19(25)26/h1-6,11,13H,7-10H2,(H,25,26). The normalized spacial score (nSPS) is 15.3. The molecule has 4 rings (SSSR count). The molecule has 0 spiro atoms. The van der Waals surface area contributed by atoms with E-state index in [2.05, 4.69) is 5.10 Å². The molecule has 2 heterocycles. The third kappa shape index (κ3) is 3.30. The number of para-hydroxylation sites is 1. The summed E-state index contributed by atoms with van der Waals surface area (Å²) in [5.41, 5.74) is 0.599. The van der Waals surface area contributed by atoms with Crippen LogP contribution in [0.5, 0.6) is 5.88 Å². The second-order valence-corrected chi connectivity index (χ2v) is 6.42. The van der Waals surface area contributed by atoms with E-state index in [0.29, 0.717) is 42.7 Å². The van der Waals surface area contributed by atoms with Crippen LogP contribution in [-0.4, -0.2) is 45.1 Å². The van der Waals surface area contributed by atoms with Crippen molar-refractivity contribution >= 4 is 17.0 Å². The molecule has 2 aromatic carbocycles. The third-order valence-electron chi connectivity index (χ3n) is 4.68. The number of aromatic nitrogens is 2. The van der Waals surface area contributed by atoms with E-state index in [-0.39, 0.29) is 11.8 Å². The molecule has 0 aliphatic carbocycles. The highest BCUT2D eigenvalue weighted by atomic mass is 19.1. The molecule has 1 fully saturated rings. The number of fused-ring (bicyclic) bond motifs is 1. The number of hydrogen-bond acceptors (Lipinski definition) is 3. The Kier molecular flexibility index (Phi) is 4.39. The number of carbonyl (C=O) groups is 1. The number of ether oxygens (including phenoxy) is 1. The molecule has 6 nitrogen and oxygen atoms in total. The Balaban J connectivity index is 1.67. The Morgan fingerprint density at radius 2 is 1.89 bits per heavy atom. The average Bonchev–Trinajstić information content (AvgIpc) is 3.03. The summed E-state index contributed by atoms with van der Waals surface area (Å²) in [5, 5.41) is 14.1. The fraction of sp³-hybridized carbons (Fsp3) is 0.263. The van der Waals surface area contributed by atoms with Crippen LogP contribution in [-0.2, 0) is 0 Å². The fourth-order valence-electron chi connectivity index (χ4n) is 3.28. The van der Waals surface area contributed by atoms with Crippen molar-refractivity contribution in [3.8, 4) is 11.6 Å². The predicted octanol–water partition coefficient (Wildman–Crippen LogP) is 3.82. The molecule has 8 heteroatoms. The van der Waals surface area contributed by atoms with Gasteiger partial charge in [0, 0.05) is 32.0 Å². The number of piperidine rings is 1. The summed E-state index contributed by atoms with van der Waals surface area (Å²) >= 11 is 0. The van der Waals surface area contributed by atoms with Gasteiger partial charge in [0.2, 0.25) is 5.88 Å².